The van der Waals surface area contributed by atoms with Crippen molar-refractivity contribution in [2.45, 2.75) is 39.0 Å². The average molecular weight is 589 g/mol. The molecule has 7 nitrogen and oxygen atoms in total. The highest BCUT2D eigenvalue weighted by atomic mass is 32.1. The van der Waals surface area contributed by atoms with Crippen molar-refractivity contribution in [1.29, 1.82) is 0 Å². The Morgan fingerprint density at radius 3 is 2.70 bits per heavy atom. The molecule has 214 valence electrons. The first-order valence-corrected chi connectivity index (χ1v) is 14.9. The Labute approximate surface area is 252 Å². The summed E-state index contributed by atoms with van der Waals surface area (Å²) in [5, 5.41) is 12.1. The van der Waals surface area contributed by atoms with Crippen LogP contribution in [0.4, 0.5) is 5.13 Å². The van der Waals surface area contributed by atoms with E-state index in [9.17, 15) is 14.7 Å². The number of aliphatic hydroxyl groups excluding tert-OH is 1. The summed E-state index contributed by atoms with van der Waals surface area (Å²) in [4.78, 5) is 33.6. The summed E-state index contributed by atoms with van der Waals surface area (Å²) in [6, 6.07) is 27.4. The molecule has 5 aromatic rings. The second-order valence-electron chi connectivity index (χ2n) is 10.9. The molecule has 1 saturated heterocycles. The lowest BCUT2D eigenvalue weighted by Crippen LogP contribution is -2.29. The predicted molar refractivity (Wildman–Crippen MR) is 167 cm³/mol. The number of anilines is 1. The van der Waals surface area contributed by atoms with Crippen LogP contribution in [-0.4, -0.2) is 27.9 Å². The van der Waals surface area contributed by atoms with Crippen LogP contribution in [0.25, 0.3) is 16.0 Å². The topological polar surface area (TPSA) is 89.0 Å². The summed E-state index contributed by atoms with van der Waals surface area (Å²) in [6.07, 6.45) is 0.722. The number of carbonyl (C=O) groups is 2. The lowest BCUT2D eigenvalue weighted by molar-refractivity contribution is -0.132. The summed E-state index contributed by atoms with van der Waals surface area (Å²) < 4.78 is 12.8. The second kappa shape index (κ2) is 10.7. The number of fused-ring (bicyclic) bond motifs is 2. The second-order valence-corrected chi connectivity index (χ2v) is 11.9. The molecule has 7 rings (SSSR count). The number of benzene rings is 4. The molecule has 8 heteroatoms. The molecular weight excluding hydrogens is 560 g/mol. The van der Waals surface area contributed by atoms with Crippen molar-refractivity contribution in [1.82, 2.24) is 4.98 Å². The third kappa shape index (κ3) is 4.93. The van der Waals surface area contributed by atoms with Gasteiger partial charge in [-0.1, -0.05) is 59.9 Å². The Morgan fingerprint density at radius 2 is 1.86 bits per heavy atom. The van der Waals surface area contributed by atoms with E-state index in [1.54, 1.807) is 12.1 Å². The fourth-order valence-electron chi connectivity index (χ4n) is 5.71. The van der Waals surface area contributed by atoms with E-state index in [0.29, 0.717) is 35.0 Å². The van der Waals surface area contributed by atoms with Crippen LogP contribution in [0.1, 0.15) is 40.8 Å². The molecule has 4 aromatic carbocycles. The number of aliphatic hydroxyl groups is 1. The number of aromatic nitrogens is 1. The predicted octanol–water partition coefficient (Wildman–Crippen LogP) is 7.13. The van der Waals surface area contributed by atoms with Gasteiger partial charge in [-0.15, -0.1) is 0 Å². The number of aryl methyl sites for hydroxylation is 1. The molecule has 1 N–H and O–H groups in total. The highest BCUT2D eigenvalue weighted by Gasteiger charge is 2.48. The maximum Gasteiger partial charge on any atom is 0.301 e. The number of ketones is 1. The first-order chi connectivity index (χ1) is 20.9. The lowest BCUT2D eigenvalue weighted by atomic mass is 9.94. The summed E-state index contributed by atoms with van der Waals surface area (Å²) in [5.41, 5.74) is 4.85. The molecular formula is C35H28N2O5S. The fourth-order valence-corrected chi connectivity index (χ4v) is 6.80. The van der Waals surface area contributed by atoms with E-state index in [2.05, 4.69) is 0 Å². The number of Topliss-reactive ketones (excluding diaryl/α,β-unsaturated/α-hetero) is 1. The zero-order valence-electron chi connectivity index (χ0n) is 23.6. The third-order valence-electron chi connectivity index (χ3n) is 7.77. The number of amides is 1. The fraction of sp³-hybridized carbons (Fsp3) is 0.171. The number of hydrogen-bond donors (Lipinski definition) is 1. The lowest BCUT2D eigenvalue weighted by Gasteiger charge is -2.23. The largest absolute Gasteiger partial charge is 0.507 e. The van der Waals surface area contributed by atoms with Gasteiger partial charge < -0.3 is 14.6 Å². The standard InChI is InChI=1S/C35H28N2O5S/c1-20-11-13-27-29(15-20)43-35(36-27)37-31(23-9-6-10-26(18-23)41-19-22-7-4-3-5-8-22)30(33(39)34(37)40)32(38)24-12-14-28-25(17-24)16-21(2)42-28/h3-15,17-18,21,31,38H,16,19H2,1-2H3/t21-,31-/m1/s1. The number of thiazole rings is 1. The van der Waals surface area contributed by atoms with E-state index in [1.807, 2.05) is 92.7 Å². The molecule has 1 amide bonds. The van der Waals surface area contributed by atoms with Gasteiger partial charge in [-0.2, -0.15) is 0 Å². The molecule has 2 aliphatic rings. The molecule has 1 fully saturated rings. The van der Waals surface area contributed by atoms with Gasteiger partial charge in [0.15, 0.2) is 5.13 Å². The molecule has 43 heavy (non-hydrogen) atoms. The van der Waals surface area contributed by atoms with Crippen LogP contribution >= 0.6 is 11.3 Å². The van der Waals surface area contributed by atoms with E-state index in [-0.39, 0.29) is 17.4 Å². The van der Waals surface area contributed by atoms with Crippen molar-refractivity contribution in [3.63, 3.8) is 0 Å². The Bertz CT molecular complexity index is 1930. The smallest absolute Gasteiger partial charge is 0.301 e. The summed E-state index contributed by atoms with van der Waals surface area (Å²) >= 11 is 1.34. The van der Waals surface area contributed by atoms with Crippen LogP contribution in [-0.2, 0) is 22.6 Å². The van der Waals surface area contributed by atoms with Crippen molar-refractivity contribution < 1.29 is 24.2 Å². The van der Waals surface area contributed by atoms with E-state index >= 15 is 0 Å². The number of ether oxygens (including phenoxy) is 2. The van der Waals surface area contributed by atoms with Crippen molar-refractivity contribution in [2.24, 2.45) is 0 Å². The minimum Gasteiger partial charge on any atom is -0.507 e. The highest BCUT2D eigenvalue weighted by molar-refractivity contribution is 7.22. The Kier molecular flexibility index (Phi) is 6.70. The van der Waals surface area contributed by atoms with Gasteiger partial charge in [0.1, 0.15) is 30.0 Å². The zero-order chi connectivity index (χ0) is 29.7. The Hall–Kier alpha value is -4.95. The van der Waals surface area contributed by atoms with Crippen molar-refractivity contribution in [3.05, 3.63) is 124 Å². The molecule has 0 unspecified atom stereocenters. The van der Waals surface area contributed by atoms with Gasteiger partial charge in [-0.05, 0) is 78.6 Å². The zero-order valence-corrected chi connectivity index (χ0v) is 24.4. The van der Waals surface area contributed by atoms with Crippen LogP contribution in [0.5, 0.6) is 11.5 Å². The monoisotopic (exact) mass is 588 g/mol. The summed E-state index contributed by atoms with van der Waals surface area (Å²) in [7, 11) is 0. The van der Waals surface area contributed by atoms with Gasteiger partial charge >= 0.3 is 5.91 Å². The molecule has 0 radical (unpaired) electrons. The first kappa shape index (κ1) is 26.9. The van der Waals surface area contributed by atoms with Gasteiger partial charge in [0.05, 0.1) is 21.8 Å². The molecule has 2 atom stereocenters. The third-order valence-corrected chi connectivity index (χ3v) is 8.79. The van der Waals surface area contributed by atoms with E-state index in [0.717, 1.165) is 32.7 Å². The molecule has 0 bridgehead atoms. The van der Waals surface area contributed by atoms with Gasteiger partial charge in [-0.3, -0.25) is 14.5 Å². The van der Waals surface area contributed by atoms with Crippen molar-refractivity contribution in [2.75, 3.05) is 4.90 Å². The summed E-state index contributed by atoms with van der Waals surface area (Å²) in [6.45, 7) is 4.34. The molecule has 3 heterocycles. The van der Waals surface area contributed by atoms with Gasteiger partial charge in [0.25, 0.3) is 5.78 Å². The Balaban J connectivity index is 1.35. The van der Waals surface area contributed by atoms with Crippen LogP contribution in [0, 0.1) is 6.92 Å². The SMILES string of the molecule is Cc1ccc2nc(N3C(=O)C(=O)C(=C(O)c4ccc5c(c4)C[C@@H](C)O5)[C@H]3c3cccc(OCc4ccccc4)c3)sc2c1. The molecule has 1 aromatic heterocycles. The minimum atomic E-state index is -0.912. The number of nitrogens with zero attached hydrogens (tertiary/aromatic N) is 2. The van der Waals surface area contributed by atoms with Crippen molar-refractivity contribution in [3.8, 4) is 11.5 Å². The van der Waals surface area contributed by atoms with Gasteiger partial charge in [0.2, 0.25) is 0 Å². The molecule has 2 aliphatic heterocycles. The molecule has 0 aliphatic carbocycles. The normalized spacial score (nSPS) is 19.1. The van der Waals surface area contributed by atoms with Gasteiger partial charge in [-0.25, -0.2) is 4.98 Å². The quantitative estimate of drug-likeness (QED) is 0.129. The van der Waals surface area contributed by atoms with Crippen LogP contribution in [0.3, 0.4) is 0 Å². The minimum absolute atomic E-state index is 0.00700. The molecule has 0 saturated carbocycles. The Morgan fingerprint density at radius 1 is 1.02 bits per heavy atom. The van der Waals surface area contributed by atoms with Crippen LogP contribution in [0.2, 0.25) is 0 Å². The van der Waals surface area contributed by atoms with Crippen molar-refractivity contribution >= 4 is 44.1 Å². The average Bonchev–Trinajstić information content (AvgIpc) is 3.68. The van der Waals surface area contributed by atoms with E-state index in [1.165, 1.54) is 16.2 Å². The first-order valence-electron chi connectivity index (χ1n) is 14.1. The maximum atomic E-state index is 13.8. The highest BCUT2D eigenvalue weighted by Crippen LogP contribution is 2.45. The van der Waals surface area contributed by atoms with Gasteiger partial charge in [0, 0.05) is 12.0 Å². The number of hydrogen-bond acceptors (Lipinski definition) is 7. The van der Waals surface area contributed by atoms with Crippen LogP contribution in [0.15, 0.2) is 96.6 Å². The number of rotatable bonds is 6. The number of carbonyl (C=O) groups excluding carboxylic acids is 2. The van der Waals surface area contributed by atoms with E-state index < -0.39 is 17.7 Å². The molecule has 0 spiro atoms. The van der Waals surface area contributed by atoms with E-state index in [4.69, 9.17) is 14.5 Å². The summed E-state index contributed by atoms with van der Waals surface area (Å²) in [5.74, 6) is -0.403. The maximum absolute atomic E-state index is 13.8. The van der Waals surface area contributed by atoms with Crippen LogP contribution < -0.4 is 14.4 Å².